The Balaban J connectivity index is 2.06. The number of pyridine rings is 2. The van der Waals surface area contributed by atoms with E-state index in [0.717, 1.165) is 16.8 Å². The van der Waals surface area contributed by atoms with Crippen LogP contribution in [0.3, 0.4) is 0 Å². The van der Waals surface area contributed by atoms with Gasteiger partial charge >= 0.3 is 0 Å². The second-order valence-corrected chi connectivity index (χ2v) is 4.66. The Morgan fingerprint density at radius 1 is 0.952 bits per heavy atom. The first-order chi connectivity index (χ1) is 10.3. The summed E-state index contributed by atoms with van der Waals surface area (Å²) >= 11 is 0. The molecule has 1 N–H and O–H groups in total. The van der Waals surface area contributed by atoms with Crippen LogP contribution in [0, 0.1) is 0 Å². The first-order valence-electron chi connectivity index (χ1n) is 6.62. The number of hydrogen-bond donors (Lipinski definition) is 1. The van der Waals surface area contributed by atoms with Gasteiger partial charge in [-0.3, -0.25) is 14.3 Å². The highest BCUT2D eigenvalue weighted by atomic mass is 16.3. The molecule has 0 aliphatic carbocycles. The van der Waals surface area contributed by atoms with E-state index in [4.69, 9.17) is 5.11 Å². The average molecular weight is 278 g/mol. The first kappa shape index (κ1) is 13.3. The number of nitrogens with zero attached hydrogens (tertiary/aromatic N) is 2. The predicted octanol–water partition coefficient (Wildman–Crippen LogP) is 2.39. The number of aliphatic hydroxyl groups is 1. The molecule has 0 radical (unpaired) electrons. The van der Waals surface area contributed by atoms with Crippen LogP contribution < -0.4 is 5.56 Å². The molecular formula is C17H14N2O2. The third-order valence-electron chi connectivity index (χ3n) is 3.27. The van der Waals surface area contributed by atoms with Crippen molar-refractivity contribution in [3.05, 3.63) is 83.0 Å². The number of rotatable bonds is 3. The maximum Gasteiger partial charge on any atom is 0.255 e. The monoisotopic (exact) mass is 278 g/mol. The Morgan fingerprint density at radius 2 is 1.71 bits per heavy atom. The fourth-order valence-electron chi connectivity index (χ4n) is 2.14. The molecule has 2 aromatic heterocycles. The molecule has 0 fully saturated rings. The van der Waals surface area contributed by atoms with Crippen LogP contribution in [0.2, 0.25) is 0 Å². The second kappa shape index (κ2) is 5.73. The molecule has 4 nitrogen and oxygen atoms in total. The summed E-state index contributed by atoms with van der Waals surface area (Å²) in [6, 6.07) is 16.4. The van der Waals surface area contributed by atoms with Gasteiger partial charge in [0.25, 0.3) is 5.56 Å². The van der Waals surface area contributed by atoms with E-state index >= 15 is 0 Å². The lowest BCUT2D eigenvalue weighted by Gasteiger charge is -2.08. The van der Waals surface area contributed by atoms with E-state index in [0.29, 0.717) is 5.69 Å². The van der Waals surface area contributed by atoms with Gasteiger partial charge in [-0.05, 0) is 24.3 Å². The Hall–Kier alpha value is -2.72. The van der Waals surface area contributed by atoms with Crippen molar-refractivity contribution >= 4 is 0 Å². The van der Waals surface area contributed by atoms with E-state index in [1.807, 2.05) is 36.4 Å². The number of hydrogen-bond acceptors (Lipinski definition) is 3. The van der Waals surface area contributed by atoms with Crippen LogP contribution in [-0.4, -0.2) is 14.7 Å². The smallest absolute Gasteiger partial charge is 0.255 e. The largest absolute Gasteiger partial charge is 0.390 e. The molecule has 0 amide bonds. The Morgan fingerprint density at radius 3 is 2.38 bits per heavy atom. The van der Waals surface area contributed by atoms with Gasteiger partial charge in [0.1, 0.15) is 0 Å². The third kappa shape index (κ3) is 2.75. The van der Waals surface area contributed by atoms with E-state index < -0.39 is 0 Å². The molecule has 0 bridgehead atoms. The molecule has 4 heteroatoms. The van der Waals surface area contributed by atoms with Crippen molar-refractivity contribution in [3.8, 4) is 16.8 Å². The summed E-state index contributed by atoms with van der Waals surface area (Å²) < 4.78 is 1.61. The van der Waals surface area contributed by atoms with Crippen LogP contribution in [0.1, 0.15) is 5.69 Å². The van der Waals surface area contributed by atoms with Crippen LogP contribution in [0.5, 0.6) is 0 Å². The van der Waals surface area contributed by atoms with Crippen LogP contribution >= 0.6 is 0 Å². The van der Waals surface area contributed by atoms with Crippen molar-refractivity contribution in [1.29, 1.82) is 0 Å². The summed E-state index contributed by atoms with van der Waals surface area (Å²) in [6.45, 7) is -0.0796. The minimum atomic E-state index is -0.0796. The summed E-state index contributed by atoms with van der Waals surface area (Å²) in [6.07, 6.45) is 3.49. The van der Waals surface area contributed by atoms with Gasteiger partial charge in [0.15, 0.2) is 0 Å². The molecule has 3 rings (SSSR count). The van der Waals surface area contributed by atoms with Gasteiger partial charge in [0.2, 0.25) is 0 Å². The minimum absolute atomic E-state index is 0.0788. The van der Waals surface area contributed by atoms with E-state index in [1.54, 1.807) is 35.2 Å². The van der Waals surface area contributed by atoms with Gasteiger partial charge in [-0.2, -0.15) is 0 Å². The molecule has 3 aromatic rings. The number of para-hydroxylation sites is 1. The van der Waals surface area contributed by atoms with E-state index in [2.05, 4.69) is 4.98 Å². The number of aromatic nitrogens is 2. The number of aliphatic hydroxyl groups excluding tert-OH is 1. The summed E-state index contributed by atoms with van der Waals surface area (Å²) in [5, 5.41) is 9.02. The predicted molar refractivity (Wildman–Crippen MR) is 81.2 cm³/mol. The molecule has 104 valence electrons. The first-order valence-corrected chi connectivity index (χ1v) is 6.62. The molecule has 2 heterocycles. The molecule has 0 spiro atoms. The molecule has 0 unspecified atom stereocenters. The van der Waals surface area contributed by atoms with Crippen molar-refractivity contribution in [1.82, 2.24) is 9.55 Å². The molecule has 0 aliphatic heterocycles. The Bertz CT molecular complexity index is 793. The van der Waals surface area contributed by atoms with Crippen LogP contribution in [0.4, 0.5) is 0 Å². The summed E-state index contributed by atoms with van der Waals surface area (Å²) in [4.78, 5) is 16.2. The van der Waals surface area contributed by atoms with Crippen molar-refractivity contribution in [2.75, 3.05) is 0 Å². The molecule has 21 heavy (non-hydrogen) atoms. The van der Waals surface area contributed by atoms with Gasteiger partial charge in [0.05, 0.1) is 12.3 Å². The lowest BCUT2D eigenvalue weighted by Crippen LogP contribution is -2.16. The quantitative estimate of drug-likeness (QED) is 0.800. The Labute approximate surface area is 122 Å². The van der Waals surface area contributed by atoms with Crippen molar-refractivity contribution in [2.24, 2.45) is 0 Å². The fourth-order valence-corrected chi connectivity index (χ4v) is 2.14. The zero-order valence-corrected chi connectivity index (χ0v) is 11.3. The van der Waals surface area contributed by atoms with Gasteiger partial charge < -0.3 is 5.11 Å². The highest BCUT2D eigenvalue weighted by Gasteiger charge is 2.04. The maximum absolute atomic E-state index is 12.0. The molecule has 0 saturated heterocycles. The van der Waals surface area contributed by atoms with Gasteiger partial charge in [0, 0.05) is 35.3 Å². The summed E-state index contributed by atoms with van der Waals surface area (Å²) in [5.74, 6) is 0. The highest BCUT2D eigenvalue weighted by molar-refractivity contribution is 5.61. The van der Waals surface area contributed by atoms with Gasteiger partial charge in [-0.25, -0.2) is 0 Å². The number of benzene rings is 1. The lowest BCUT2D eigenvalue weighted by molar-refractivity contribution is 0.277. The maximum atomic E-state index is 12.0. The third-order valence-corrected chi connectivity index (χ3v) is 3.27. The molecular weight excluding hydrogens is 264 g/mol. The van der Waals surface area contributed by atoms with E-state index in [9.17, 15) is 4.79 Å². The highest BCUT2D eigenvalue weighted by Crippen LogP contribution is 2.18. The standard InChI is InChI=1S/C17H14N2O2/c20-12-15-8-6-13(10-18-15)14-7-9-17(21)19(11-14)16-4-2-1-3-5-16/h1-11,20H,12H2. The zero-order chi connectivity index (χ0) is 14.7. The van der Waals surface area contributed by atoms with Crippen molar-refractivity contribution < 1.29 is 5.11 Å². The summed E-state index contributed by atoms with van der Waals surface area (Å²) in [5.41, 5.74) is 3.16. The average Bonchev–Trinajstić information content (AvgIpc) is 2.56. The van der Waals surface area contributed by atoms with Crippen molar-refractivity contribution in [3.63, 3.8) is 0 Å². The minimum Gasteiger partial charge on any atom is -0.390 e. The topological polar surface area (TPSA) is 55.1 Å². The van der Waals surface area contributed by atoms with E-state index in [-0.39, 0.29) is 12.2 Å². The van der Waals surface area contributed by atoms with Gasteiger partial charge in [-0.15, -0.1) is 0 Å². The Kier molecular flexibility index (Phi) is 3.62. The molecule has 0 atom stereocenters. The van der Waals surface area contributed by atoms with Crippen LogP contribution in [-0.2, 0) is 6.61 Å². The molecule has 1 aromatic carbocycles. The van der Waals surface area contributed by atoms with E-state index in [1.165, 1.54) is 0 Å². The molecule has 0 aliphatic rings. The van der Waals surface area contributed by atoms with Crippen molar-refractivity contribution in [2.45, 2.75) is 6.61 Å². The molecule has 0 saturated carbocycles. The fraction of sp³-hybridized carbons (Fsp3) is 0.0588. The zero-order valence-electron chi connectivity index (χ0n) is 11.3. The normalized spacial score (nSPS) is 10.5. The SMILES string of the molecule is O=c1ccc(-c2ccc(CO)nc2)cn1-c1ccccc1. The second-order valence-electron chi connectivity index (χ2n) is 4.66. The van der Waals surface area contributed by atoms with Crippen LogP contribution in [0.15, 0.2) is 71.8 Å². The lowest BCUT2D eigenvalue weighted by atomic mass is 10.1. The van der Waals surface area contributed by atoms with Crippen LogP contribution in [0.25, 0.3) is 16.8 Å². The summed E-state index contributed by atoms with van der Waals surface area (Å²) in [7, 11) is 0. The van der Waals surface area contributed by atoms with Gasteiger partial charge in [-0.1, -0.05) is 24.3 Å².